The first kappa shape index (κ1) is 12.7. The molecule has 0 aliphatic rings. The van der Waals surface area contributed by atoms with Crippen molar-refractivity contribution in [3.8, 4) is 5.75 Å². The van der Waals surface area contributed by atoms with Crippen molar-refractivity contribution in [1.29, 1.82) is 0 Å². The number of carbonyl (C=O) groups excluding carboxylic acids is 1. The molecular weight excluding hydrogens is 228 g/mol. The summed E-state index contributed by atoms with van der Waals surface area (Å²) in [5.74, 6) is -2.93. The van der Waals surface area contributed by atoms with Crippen molar-refractivity contribution in [3.05, 3.63) is 29.3 Å². The minimum atomic E-state index is -1.42. The Hall–Kier alpha value is -2.37. The molecule has 0 aliphatic heterocycles. The van der Waals surface area contributed by atoms with Crippen LogP contribution in [0, 0.1) is 0 Å². The molecule has 2 N–H and O–H groups in total. The molecule has 0 saturated heterocycles. The van der Waals surface area contributed by atoms with Crippen LogP contribution in [-0.4, -0.2) is 34.5 Å². The van der Waals surface area contributed by atoms with Crippen molar-refractivity contribution in [2.24, 2.45) is 0 Å². The third-order valence-electron chi connectivity index (χ3n) is 1.97. The van der Waals surface area contributed by atoms with Gasteiger partial charge in [0.15, 0.2) is 12.4 Å². The van der Waals surface area contributed by atoms with Gasteiger partial charge in [0.05, 0.1) is 5.56 Å². The Kier molecular flexibility index (Phi) is 3.82. The second kappa shape index (κ2) is 5.11. The Labute approximate surface area is 96.4 Å². The quantitative estimate of drug-likeness (QED) is 0.743. The van der Waals surface area contributed by atoms with Crippen molar-refractivity contribution < 1.29 is 29.3 Å². The lowest BCUT2D eigenvalue weighted by atomic mass is 10.1. The van der Waals surface area contributed by atoms with Gasteiger partial charge in [-0.25, -0.2) is 9.59 Å². The van der Waals surface area contributed by atoms with Crippen LogP contribution in [0.5, 0.6) is 5.75 Å². The number of aldehydes is 1. The average molecular weight is 238 g/mol. The van der Waals surface area contributed by atoms with E-state index in [4.69, 9.17) is 14.9 Å². The molecule has 0 bridgehead atoms. The smallest absolute Gasteiger partial charge is 0.340 e. The maximum absolute atomic E-state index is 11.0. The highest BCUT2D eigenvalue weighted by Gasteiger charge is 2.21. The molecule has 0 amide bonds. The zero-order valence-electron chi connectivity index (χ0n) is 8.91. The van der Waals surface area contributed by atoms with E-state index in [2.05, 4.69) is 0 Å². The SMILES string of the molecule is CC(C=O)Oc1cccc(C(=O)O)c1C(=O)O. The van der Waals surface area contributed by atoms with Crippen molar-refractivity contribution in [2.45, 2.75) is 13.0 Å². The first-order valence-electron chi connectivity index (χ1n) is 4.69. The van der Waals surface area contributed by atoms with E-state index < -0.39 is 23.6 Å². The molecule has 90 valence electrons. The molecule has 1 aromatic rings. The van der Waals surface area contributed by atoms with Gasteiger partial charge in [-0.1, -0.05) is 6.07 Å². The largest absolute Gasteiger partial charge is 0.482 e. The molecule has 0 spiro atoms. The third kappa shape index (κ3) is 2.81. The highest BCUT2D eigenvalue weighted by Crippen LogP contribution is 2.23. The molecule has 0 saturated carbocycles. The molecule has 1 atom stereocenters. The predicted octanol–water partition coefficient (Wildman–Crippen LogP) is 1.05. The lowest BCUT2D eigenvalue weighted by molar-refractivity contribution is -0.113. The Balaban J connectivity index is 3.29. The summed E-state index contributed by atoms with van der Waals surface area (Å²) in [6.07, 6.45) is -0.365. The number of ether oxygens (including phenoxy) is 1. The van der Waals surface area contributed by atoms with Crippen LogP contribution in [0.4, 0.5) is 0 Å². The molecule has 1 unspecified atom stereocenters. The second-order valence-corrected chi connectivity index (χ2v) is 3.25. The Morgan fingerprint density at radius 2 is 1.94 bits per heavy atom. The fourth-order valence-corrected chi connectivity index (χ4v) is 1.26. The lowest BCUT2D eigenvalue weighted by Gasteiger charge is -2.12. The van der Waals surface area contributed by atoms with Gasteiger partial charge in [0.25, 0.3) is 0 Å². The van der Waals surface area contributed by atoms with Gasteiger partial charge < -0.3 is 14.9 Å². The molecule has 0 aliphatic carbocycles. The third-order valence-corrected chi connectivity index (χ3v) is 1.97. The van der Waals surface area contributed by atoms with Crippen molar-refractivity contribution >= 4 is 18.2 Å². The van der Waals surface area contributed by atoms with Gasteiger partial charge in [-0.15, -0.1) is 0 Å². The minimum absolute atomic E-state index is 0.142. The summed E-state index contributed by atoms with van der Waals surface area (Å²) in [6, 6.07) is 3.81. The maximum atomic E-state index is 11.0. The first-order valence-corrected chi connectivity index (χ1v) is 4.69. The average Bonchev–Trinajstić information content (AvgIpc) is 2.28. The Bertz CT molecular complexity index is 465. The van der Waals surface area contributed by atoms with Crippen LogP contribution in [0.1, 0.15) is 27.6 Å². The van der Waals surface area contributed by atoms with E-state index in [-0.39, 0.29) is 11.3 Å². The number of benzene rings is 1. The predicted molar refractivity (Wildman–Crippen MR) is 56.5 cm³/mol. The summed E-state index contributed by atoms with van der Waals surface area (Å²) in [7, 11) is 0. The number of carboxylic acids is 2. The summed E-state index contributed by atoms with van der Waals surface area (Å²) < 4.78 is 5.03. The zero-order chi connectivity index (χ0) is 13.0. The van der Waals surface area contributed by atoms with Crippen molar-refractivity contribution in [1.82, 2.24) is 0 Å². The maximum Gasteiger partial charge on any atom is 0.340 e. The molecule has 6 nitrogen and oxygen atoms in total. The first-order chi connectivity index (χ1) is 7.97. The number of hydrogen-bond acceptors (Lipinski definition) is 4. The summed E-state index contributed by atoms with van der Waals surface area (Å²) in [6.45, 7) is 1.42. The van der Waals surface area contributed by atoms with Crippen LogP contribution >= 0.6 is 0 Å². The number of carbonyl (C=O) groups is 3. The molecule has 0 fully saturated rings. The van der Waals surface area contributed by atoms with Crippen LogP contribution in [-0.2, 0) is 4.79 Å². The molecule has 0 heterocycles. The zero-order valence-corrected chi connectivity index (χ0v) is 8.91. The van der Waals surface area contributed by atoms with E-state index in [0.717, 1.165) is 6.07 Å². The van der Waals surface area contributed by atoms with Gasteiger partial charge in [-0.05, 0) is 19.1 Å². The molecule has 1 rings (SSSR count). The fraction of sp³-hybridized carbons (Fsp3) is 0.182. The van der Waals surface area contributed by atoms with E-state index in [1.807, 2.05) is 0 Å². The van der Waals surface area contributed by atoms with Crippen LogP contribution in [0.15, 0.2) is 18.2 Å². The summed E-state index contributed by atoms with van der Waals surface area (Å²) in [5, 5.41) is 17.8. The van der Waals surface area contributed by atoms with Crippen LogP contribution in [0.3, 0.4) is 0 Å². The second-order valence-electron chi connectivity index (χ2n) is 3.25. The monoisotopic (exact) mass is 238 g/mol. The molecule has 6 heteroatoms. The Morgan fingerprint density at radius 3 is 2.41 bits per heavy atom. The number of carboxylic acid groups (broad SMARTS) is 2. The molecule has 0 aromatic heterocycles. The van der Waals surface area contributed by atoms with E-state index in [1.165, 1.54) is 19.1 Å². The van der Waals surface area contributed by atoms with E-state index in [1.54, 1.807) is 0 Å². The van der Waals surface area contributed by atoms with Crippen molar-refractivity contribution in [3.63, 3.8) is 0 Å². The molecular formula is C11H10O6. The van der Waals surface area contributed by atoms with Gasteiger partial charge >= 0.3 is 11.9 Å². The van der Waals surface area contributed by atoms with Crippen LogP contribution in [0.2, 0.25) is 0 Å². The minimum Gasteiger partial charge on any atom is -0.482 e. The number of rotatable bonds is 5. The number of hydrogen-bond donors (Lipinski definition) is 2. The van der Waals surface area contributed by atoms with Gasteiger partial charge in [-0.2, -0.15) is 0 Å². The van der Waals surface area contributed by atoms with E-state index in [0.29, 0.717) is 6.29 Å². The van der Waals surface area contributed by atoms with Crippen LogP contribution in [0.25, 0.3) is 0 Å². The van der Waals surface area contributed by atoms with Crippen molar-refractivity contribution in [2.75, 3.05) is 0 Å². The topological polar surface area (TPSA) is 101 Å². The van der Waals surface area contributed by atoms with Gasteiger partial charge in [0.1, 0.15) is 11.3 Å². The molecule has 0 radical (unpaired) electrons. The van der Waals surface area contributed by atoms with Gasteiger partial charge in [0, 0.05) is 0 Å². The van der Waals surface area contributed by atoms with Gasteiger partial charge in [-0.3, -0.25) is 4.79 Å². The van der Waals surface area contributed by atoms with E-state index in [9.17, 15) is 14.4 Å². The summed E-state index contributed by atoms with van der Waals surface area (Å²) >= 11 is 0. The lowest BCUT2D eigenvalue weighted by Crippen LogP contribution is -2.17. The summed E-state index contributed by atoms with van der Waals surface area (Å²) in [4.78, 5) is 32.3. The van der Waals surface area contributed by atoms with E-state index >= 15 is 0 Å². The molecule has 1 aromatic carbocycles. The fourth-order valence-electron chi connectivity index (χ4n) is 1.26. The normalized spacial score (nSPS) is 11.6. The van der Waals surface area contributed by atoms with Crippen LogP contribution < -0.4 is 4.74 Å². The standard InChI is InChI=1S/C11H10O6/c1-6(5-12)17-8-4-2-3-7(10(13)14)9(8)11(15)16/h2-6H,1H3,(H,13,14)(H,15,16). The highest BCUT2D eigenvalue weighted by atomic mass is 16.5. The highest BCUT2D eigenvalue weighted by molar-refractivity contribution is 6.03. The van der Waals surface area contributed by atoms with Gasteiger partial charge in [0.2, 0.25) is 0 Å². The molecule has 17 heavy (non-hydrogen) atoms. The summed E-state index contributed by atoms with van der Waals surface area (Å²) in [5.41, 5.74) is -0.846. The Morgan fingerprint density at radius 1 is 1.29 bits per heavy atom. The number of aromatic carboxylic acids is 2.